The van der Waals surface area contributed by atoms with Gasteiger partial charge >= 0.3 is 0 Å². The summed E-state index contributed by atoms with van der Waals surface area (Å²) in [5.41, 5.74) is 4.73. The summed E-state index contributed by atoms with van der Waals surface area (Å²) in [6.07, 6.45) is 8.44. The van der Waals surface area contributed by atoms with Crippen molar-refractivity contribution in [2.45, 2.75) is 19.5 Å². The number of pyridine rings is 1. The van der Waals surface area contributed by atoms with Gasteiger partial charge in [0, 0.05) is 49.6 Å². The highest BCUT2D eigenvalue weighted by Crippen LogP contribution is 2.23. The van der Waals surface area contributed by atoms with Crippen molar-refractivity contribution < 1.29 is 4.42 Å². The Bertz CT molecular complexity index is 1020. The van der Waals surface area contributed by atoms with Gasteiger partial charge in [0.25, 0.3) is 0 Å². The predicted molar refractivity (Wildman–Crippen MR) is 92.7 cm³/mol. The van der Waals surface area contributed by atoms with E-state index in [0.717, 1.165) is 43.0 Å². The number of rotatable bonds is 3. The fourth-order valence-corrected chi connectivity index (χ4v) is 3.38. The van der Waals surface area contributed by atoms with E-state index in [1.165, 1.54) is 11.1 Å². The summed E-state index contributed by atoms with van der Waals surface area (Å²) in [7, 11) is 0. The molecule has 6 nitrogen and oxygen atoms in total. The predicted octanol–water partition coefficient (Wildman–Crippen LogP) is 2.94. The van der Waals surface area contributed by atoms with Gasteiger partial charge in [0.1, 0.15) is 0 Å². The zero-order chi connectivity index (χ0) is 16.6. The first-order chi connectivity index (χ1) is 12.4. The molecule has 0 N–H and O–H groups in total. The van der Waals surface area contributed by atoms with Crippen LogP contribution in [0.4, 0.5) is 0 Å². The van der Waals surface area contributed by atoms with E-state index in [1.54, 1.807) is 6.26 Å². The summed E-state index contributed by atoms with van der Waals surface area (Å²) in [5.74, 6) is 1.39. The molecule has 0 aromatic carbocycles. The minimum atomic E-state index is 0.667. The van der Waals surface area contributed by atoms with Gasteiger partial charge in [0.15, 0.2) is 11.6 Å². The molecule has 1 aliphatic heterocycles. The average molecular weight is 331 g/mol. The average Bonchev–Trinajstić information content (AvgIpc) is 3.32. The van der Waals surface area contributed by atoms with Crippen LogP contribution in [0.2, 0.25) is 0 Å². The lowest BCUT2D eigenvalue weighted by Crippen LogP contribution is -2.30. The molecule has 0 bridgehead atoms. The molecule has 25 heavy (non-hydrogen) atoms. The molecule has 124 valence electrons. The fraction of sp³-hybridized carbons (Fsp3) is 0.211. The molecule has 1 aliphatic rings. The van der Waals surface area contributed by atoms with Crippen LogP contribution in [0.5, 0.6) is 0 Å². The highest BCUT2D eigenvalue weighted by atomic mass is 16.3. The van der Waals surface area contributed by atoms with Crippen LogP contribution < -0.4 is 0 Å². The lowest BCUT2D eigenvalue weighted by Gasteiger charge is -2.27. The summed E-state index contributed by atoms with van der Waals surface area (Å²) >= 11 is 0. The third kappa shape index (κ3) is 2.60. The Labute approximate surface area is 144 Å². The molecule has 0 saturated carbocycles. The van der Waals surface area contributed by atoms with Gasteiger partial charge in [0.05, 0.1) is 23.7 Å². The number of fused-ring (bicyclic) bond motifs is 2. The molecule has 0 fully saturated rings. The highest BCUT2D eigenvalue weighted by molar-refractivity contribution is 5.53. The Balaban J connectivity index is 1.37. The first-order valence-corrected chi connectivity index (χ1v) is 8.39. The normalized spacial score (nSPS) is 14.7. The molecule has 4 aromatic heterocycles. The topological polar surface area (TPSA) is 59.5 Å². The van der Waals surface area contributed by atoms with Crippen LogP contribution in [0, 0.1) is 0 Å². The first kappa shape index (κ1) is 14.4. The quantitative estimate of drug-likeness (QED) is 0.578. The molecule has 6 heteroatoms. The van der Waals surface area contributed by atoms with Gasteiger partial charge in [-0.15, -0.1) is 0 Å². The van der Waals surface area contributed by atoms with Gasteiger partial charge < -0.3 is 4.42 Å². The minimum absolute atomic E-state index is 0.667. The molecule has 5 heterocycles. The number of hydrogen-bond donors (Lipinski definition) is 0. The molecule has 0 radical (unpaired) electrons. The van der Waals surface area contributed by atoms with E-state index in [-0.39, 0.29) is 0 Å². The third-order valence-corrected chi connectivity index (χ3v) is 4.65. The molecular formula is C19H17N5O. The number of nitrogens with zero attached hydrogens (tertiary/aromatic N) is 5. The van der Waals surface area contributed by atoms with E-state index >= 15 is 0 Å². The van der Waals surface area contributed by atoms with Crippen molar-refractivity contribution in [2.24, 2.45) is 0 Å². The Morgan fingerprint density at radius 3 is 3.04 bits per heavy atom. The van der Waals surface area contributed by atoms with Crippen LogP contribution in [-0.4, -0.2) is 31.0 Å². The third-order valence-electron chi connectivity index (χ3n) is 4.65. The molecule has 0 saturated heterocycles. The van der Waals surface area contributed by atoms with Crippen molar-refractivity contribution in [1.82, 2.24) is 24.5 Å². The highest BCUT2D eigenvalue weighted by Gasteiger charge is 2.20. The van der Waals surface area contributed by atoms with Crippen molar-refractivity contribution in [3.05, 3.63) is 72.0 Å². The first-order valence-electron chi connectivity index (χ1n) is 8.39. The van der Waals surface area contributed by atoms with Gasteiger partial charge in [-0.25, -0.2) is 14.5 Å². The SMILES string of the molecule is c1coc(-c2ncc3c(n2)CCN(Cc2cnn4ccccc24)C3)c1. The number of furan rings is 1. The van der Waals surface area contributed by atoms with Gasteiger partial charge in [-0.05, 0) is 24.3 Å². The standard InChI is InChI=1S/C19H17N5O/c1-2-7-24-17(4-1)15(11-21-24)13-23-8-6-16-14(12-23)10-20-19(22-16)18-5-3-9-25-18/h1-5,7,9-11H,6,8,12-13H2. The van der Waals surface area contributed by atoms with Crippen LogP contribution in [0.15, 0.2) is 59.6 Å². The van der Waals surface area contributed by atoms with Crippen LogP contribution in [0.25, 0.3) is 17.1 Å². The molecule has 0 atom stereocenters. The van der Waals surface area contributed by atoms with Crippen molar-refractivity contribution >= 4 is 5.52 Å². The molecule has 0 aliphatic carbocycles. The second-order valence-corrected chi connectivity index (χ2v) is 6.30. The number of aromatic nitrogens is 4. The van der Waals surface area contributed by atoms with E-state index in [9.17, 15) is 0 Å². The monoisotopic (exact) mass is 331 g/mol. The zero-order valence-electron chi connectivity index (χ0n) is 13.7. The maximum atomic E-state index is 5.40. The smallest absolute Gasteiger partial charge is 0.195 e. The Kier molecular flexibility index (Phi) is 3.34. The fourth-order valence-electron chi connectivity index (χ4n) is 3.38. The van der Waals surface area contributed by atoms with Crippen molar-refractivity contribution in [3.63, 3.8) is 0 Å². The molecule has 4 aromatic rings. The van der Waals surface area contributed by atoms with E-state index < -0.39 is 0 Å². The Morgan fingerprint density at radius 1 is 1.12 bits per heavy atom. The van der Waals surface area contributed by atoms with Crippen molar-refractivity contribution in [3.8, 4) is 11.6 Å². The van der Waals surface area contributed by atoms with Gasteiger partial charge in [-0.3, -0.25) is 4.90 Å². The minimum Gasteiger partial charge on any atom is -0.461 e. The van der Waals surface area contributed by atoms with Gasteiger partial charge in [0.2, 0.25) is 0 Å². The second-order valence-electron chi connectivity index (χ2n) is 6.30. The molecule has 0 spiro atoms. The summed E-state index contributed by atoms with van der Waals surface area (Å²) in [4.78, 5) is 11.6. The van der Waals surface area contributed by atoms with E-state index in [4.69, 9.17) is 4.42 Å². The molecule has 0 unspecified atom stereocenters. The largest absolute Gasteiger partial charge is 0.461 e. The van der Waals surface area contributed by atoms with Crippen LogP contribution in [0.1, 0.15) is 16.8 Å². The van der Waals surface area contributed by atoms with Crippen molar-refractivity contribution in [1.29, 1.82) is 0 Å². The number of hydrogen-bond acceptors (Lipinski definition) is 5. The zero-order valence-corrected chi connectivity index (χ0v) is 13.7. The van der Waals surface area contributed by atoms with Gasteiger partial charge in [-0.1, -0.05) is 6.07 Å². The van der Waals surface area contributed by atoms with Gasteiger partial charge in [-0.2, -0.15) is 5.10 Å². The second kappa shape index (κ2) is 5.82. The van der Waals surface area contributed by atoms with E-state index in [1.807, 2.05) is 41.3 Å². The lowest BCUT2D eigenvalue weighted by atomic mass is 10.1. The lowest BCUT2D eigenvalue weighted by molar-refractivity contribution is 0.243. The Morgan fingerprint density at radius 2 is 2.12 bits per heavy atom. The summed E-state index contributed by atoms with van der Waals surface area (Å²) in [6.45, 7) is 2.72. The maximum Gasteiger partial charge on any atom is 0.195 e. The van der Waals surface area contributed by atoms with E-state index in [0.29, 0.717) is 5.82 Å². The van der Waals surface area contributed by atoms with E-state index in [2.05, 4.69) is 32.1 Å². The molecule has 5 rings (SSSR count). The van der Waals surface area contributed by atoms with Crippen molar-refractivity contribution in [2.75, 3.05) is 6.54 Å². The summed E-state index contributed by atoms with van der Waals surface area (Å²) in [6, 6.07) is 9.90. The Hall–Kier alpha value is -2.99. The van der Waals surface area contributed by atoms with Crippen LogP contribution >= 0.6 is 0 Å². The van der Waals surface area contributed by atoms with Crippen LogP contribution in [0.3, 0.4) is 0 Å². The molecular weight excluding hydrogens is 314 g/mol. The summed E-state index contributed by atoms with van der Waals surface area (Å²) < 4.78 is 7.32. The summed E-state index contributed by atoms with van der Waals surface area (Å²) in [5, 5.41) is 4.42. The van der Waals surface area contributed by atoms with Crippen LogP contribution in [-0.2, 0) is 19.5 Å². The molecule has 0 amide bonds. The maximum absolute atomic E-state index is 5.40.